The zero-order chi connectivity index (χ0) is 15.5. The number of hydrogen-bond donors (Lipinski definition) is 3. The molecule has 3 rings (SSSR count). The summed E-state index contributed by atoms with van der Waals surface area (Å²) in [5.74, 6) is 6.88. The summed E-state index contributed by atoms with van der Waals surface area (Å²) in [4.78, 5) is 4.54. The highest BCUT2D eigenvalue weighted by atomic mass is 15.3. The van der Waals surface area contributed by atoms with Crippen molar-refractivity contribution in [2.75, 3.05) is 10.7 Å². The molecule has 112 valence electrons. The fourth-order valence-electron chi connectivity index (χ4n) is 2.99. The lowest BCUT2D eigenvalue weighted by Crippen LogP contribution is -2.17. The summed E-state index contributed by atoms with van der Waals surface area (Å²) in [6, 6.07) is 10.3. The van der Waals surface area contributed by atoms with Crippen molar-refractivity contribution in [3.05, 3.63) is 46.5 Å². The van der Waals surface area contributed by atoms with Crippen molar-refractivity contribution in [1.82, 2.24) is 4.98 Å². The summed E-state index contributed by atoms with van der Waals surface area (Å²) in [7, 11) is 0. The molecular weight excluding hydrogens is 274 g/mol. The molecule has 0 aliphatic heterocycles. The van der Waals surface area contributed by atoms with Crippen LogP contribution in [0.25, 0.3) is 0 Å². The number of aryl methyl sites for hydroxylation is 1. The molecule has 1 aromatic carbocycles. The minimum atomic E-state index is 0.574. The van der Waals surface area contributed by atoms with Crippen LogP contribution in [0.3, 0.4) is 0 Å². The van der Waals surface area contributed by atoms with E-state index in [1.807, 2.05) is 31.2 Å². The Hall–Kier alpha value is -2.58. The topological polar surface area (TPSA) is 86.8 Å². The van der Waals surface area contributed by atoms with Gasteiger partial charge >= 0.3 is 0 Å². The van der Waals surface area contributed by atoms with Crippen molar-refractivity contribution in [3.63, 3.8) is 0 Å². The summed E-state index contributed by atoms with van der Waals surface area (Å²) < 4.78 is 0. The van der Waals surface area contributed by atoms with Crippen molar-refractivity contribution in [3.8, 4) is 6.07 Å². The molecule has 0 fully saturated rings. The summed E-state index contributed by atoms with van der Waals surface area (Å²) in [6.07, 6.45) is 4.03. The number of nitriles is 1. The average molecular weight is 293 g/mol. The van der Waals surface area contributed by atoms with E-state index in [1.165, 1.54) is 0 Å². The average Bonchev–Trinajstić information content (AvgIpc) is 2.56. The predicted octanol–water partition coefficient (Wildman–Crippen LogP) is 3.17. The summed E-state index contributed by atoms with van der Waals surface area (Å²) >= 11 is 0. The first-order chi connectivity index (χ1) is 10.7. The lowest BCUT2D eigenvalue weighted by Gasteiger charge is -2.22. The molecule has 5 heteroatoms. The van der Waals surface area contributed by atoms with E-state index < -0.39 is 0 Å². The van der Waals surface area contributed by atoms with Crippen LogP contribution in [0.2, 0.25) is 0 Å². The zero-order valence-electron chi connectivity index (χ0n) is 12.6. The number of para-hydroxylation sites is 1. The molecule has 0 radical (unpaired) electrons. The van der Waals surface area contributed by atoms with Crippen molar-refractivity contribution >= 4 is 17.3 Å². The minimum Gasteiger partial charge on any atom is -0.339 e. The molecule has 0 unspecified atom stereocenters. The van der Waals surface area contributed by atoms with Gasteiger partial charge in [-0.15, -0.1) is 0 Å². The highest BCUT2D eigenvalue weighted by Gasteiger charge is 2.22. The monoisotopic (exact) mass is 293 g/mol. The Morgan fingerprint density at radius 1 is 1.14 bits per heavy atom. The lowest BCUT2D eigenvalue weighted by atomic mass is 9.89. The van der Waals surface area contributed by atoms with Gasteiger partial charge in [0.25, 0.3) is 0 Å². The third kappa shape index (κ3) is 2.49. The Kier molecular flexibility index (Phi) is 3.94. The van der Waals surface area contributed by atoms with E-state index in [4.69, 9.17) is 5.84 Å². The maximum Gasteiger partial charge on any atom is 0.151 e. The third-order valence-electron chi connectivity index (χ3n) is 4.16. The van der Waals surface area contributed by atoms with Gasteiger partial charge in [-0.25, -0.2) is 10.8 Å². The van der Waals surface area contributed by atoms with E-state index in [9.17, 15) is 5.26 Å². The third-order valence-corrected chi connectivity index (χ3v) is 4.16. The van der Waals surface area contributed by atoms with Crippen LogP contribution in [0.4, 0.5) is 17.3 Å². The van der Waals surface area contributed by atoms with Gasteiger partial charge in [0.2, 0.25) is 0 Å². The quantitative estimate of drug-likeness (QED) is 0.597. The smallest absolute Gasteiger partial charge is 0.151 e. The SMILES string of the molecule is Cc1ccccc1Nc1nc(NN)c2c(c1C#N)CCCC2. The molecule has 0 amide bonds. The molecule has 2 aromatic rings. The number of aromatic nitrogens is 1. The van der Waals surface area contributed by atoms with Crippen molar-refractivity contribution in [2.24, 2.45) is 5.84 Å². The van der Waals surface area contributed by atoms with Gasteiger partial charge in [-0.3, -0.25) is 0 Å². The number of nitrogen functional groups attached to an aromatic ring is 1. The van der Waals surface area contributed by atoms with Crippen LogP contribution in [0.15, 0.2) is 24.3 Å². The molecule has 1 aliphatic rings. The largest absolute Gasteiger partial charge is 0.339 e. The van der Waals surface area contributed by atoms with Crippen LogP contribution in [-0.2, 0) is 12.8 Å². The van der Waals surface area contributed by atoms with E-state index in [2.05, 4.69) is 21.8 Å². The van der Waals surface area contributed by atoms with Gasteiger partial charge in [-0.05, 0) is 49.8 Å². The van der Waals surface area contributed by atoms with Crippen LogP contribution < -0.4 is 16.6 Å². The van der Waals surface area contributed by atoms with Crippen LogP contribution in [-0.4, -0.2) is 4.98 Å². The maximum absolute atomic E-state index is 9.60. The van der Waals surface area contributed by atoms with Crippen molar-refractivity contribution < 1.29 is 0 Å². The van der Waals surface area contributed by atoms with Gasteiger partial charge in [0.05, 0.1) is 5.56 Å². The van der Waals surface area contributed by atoms with E-state index in [0.29, 0.717) is 17.2 Å². The van der Waals surface area contributed by atoms with E-state index >= 15 is 0 Å². The molecule has 0 atom stereocenters. The van der Waals surface area contributed by atoms with Gasteiger partial charge in [0, 0.05) is 11.3 Å². The first-order valence-corrected chi connectivity index (χ1v) is 7.49. The van der Waals surface area contributed by atoms with Crippen LogP contribution in [0, 0.1) is 18.3 Å². The van der Waals surface area contributed by atoms with Crippen LogP contribution >= 0.6 is 0 Å². The van der Waals surface area contributed by atoms with E-state index in [1.54, 1.807) is 0 Å². The van der Waals surface area contributed by atoms with Crippen LogP contribution in [0.5, 0.6) is 0 Å². The number of hydrogen-bond acceptors (Lipinski definition) is 5. The first kappa shape index (κ1) is 14.4. The Bertz CT molecular complexity index is 745. The normalized spacial score (nSPS) is 13.1. The standard InChI is InChI=1S/C17H19N5/c1-11-6-2-5-9-15(11)20-16-14(10-18)12-7-3-4-8-13(12)17(21-16)22-19/h2,5-6,9H,3-4,7-8,19H2,1H3,(H2,20,21,22). The number of nitrogens with zero attached hydrogens (tertiary/aromatic N) is 2. The number of nitrogens with two attached hydrogens (primary N) is 1. The molecule has 22 heavy (non-hydrogen) atoms. The van der Waals surface area contributed by atoms with Crippen molar-refractivity contribution in [2.45, 2.75) is 32.6 Å². The number of benzene rings is 1. The summed E-state index contributed by atoms with van der Waals surface area (Å²) in [5.41, 5.74) is 7.54. The molecule has 0 bridgehead atoms. The fraction of sp³-hybridized carbons (Fsp3) is 0.294. The Labute approximate surface area is 130 Å². The number of hydrazine groups is 1. The zero-order valence-corrected chi connectivity index (χ0v) is 12.6. The van der Waals surface area contributed by atoms with Gasteiger partial charge in [-0.1, -0.05) is 18.2 Å². The van der Waals surface area contributed by atoms with E-state index in [0.717, 1.165) is 48.1 Å². The Morgan fingerprint density at radius 2 is 1.86 bits per heavy atom. The highest BCUT2D eigenvalue weighted by Crippen LogP contribution is 2.34. The molecule has 0 saturated carbocycles. The van der Waals surface area contributed by atoms with Gasteiger partial charge < -0.3 is 10.7 Å². The Morgan fingerprint density at radius 3 is 2.55 bits per heavy atom. The number of fused-ring (bicyclic) bond motifs is 1. The Balaban J connectivity index is 2.11. The predicted molar refractivity (Wildman–Crippen MR) is 87.9 cm³/mol. The minimum absolute atomic E-state index is 0.574. The fourth-order valence-corrected chi connectivity index (χ4v) is 2.99. The second-order valence-electron chi connectivity index (χ2n) is 5.54. The molecular formula is C17H19N5. The van der Waals surface area contributed by atoms with Gasteiger partial charge in [-0.2, -0.15) is 5.26 Å². The van der Waals surface area contributed by atoms with E-state index in [-0.39, 0.29) is 0 Å². The lowest BCUT2D eigenvalue weighted by molar-refractivity contribution is 0.682. The molecule has 5 nitrogen and oxygen atoms in total. The molecule has 1 heterocycles. The number of anilines is 3. The number of rotatable bonds is 3. The second kappa shape index (κ2) is 6.04. The second-order valence-corrected chi connectivity index (χ2v) is 5.54. The molecule has 4 N–H and O–H groups in total. The molecule has 0 saturated heterocycles. The van der Waals surface area contributed by atoms with Gasteiger partial charge in [0.1, 0.15) is 11.9 Å². The molecule has 1 aliphatic carbocycles. The number of pyridine rings is 1. The van der Waals surface area contributed by atoms with Crippen LogP contribution in [0.1, 0.15) is 35.1 Å². The van der Waals surface area contributed by atoms with Crippen molar-refractivity contribution in [1.29, 1.82) is 5.26 Å². The highest BCUT2D eigenvalue weighted by molar-refractivity contribution is 5.71. The summed E-state index contributed by atoms with van der Waals surface area (Å²) in [6.45, 7) is 2.02. The molecule has 0 spiro atoms. The maximum atomic E-state index is 9.60. The molecule has 1 aromatic heterocycles. The first-order valence-electron chi connectivity index (χ1n) is 7.49. The summed E-state index contributed by atoms with van der Waals surface area (Å²) in [5, 5.41) is 12.9. The number of nitrogens with one attached hydrogen (secondary N) is 2. The van der Waals surface area contributed by atoms with Gasteiger partial charge in [0.15, 0.2) is 5.82 Å².